The Morgan fingerprint density at radius 1 is 1.00 bits per heavy atom. The van der Waals surface area contributed by atoms with E-state index in [1.165, 1.54) is 0 Å². The SMILES string of the molecule is CCCC(=O)O[C@@]12CC=C(OC(=O)CCNC(=O)OC(C)(C)C)[C@@H]3Oc4c(OC(=O)OC(C)(C)C)ccc5c4[C@@]31CCN(C)[C@@H]2C5. The van der Waals surface area contributed by atoms with Crippen LogP contribution in [0, 0.1) is 0 Å². The Balaban J connectivity index is 1.51. The molecule has 1 fully saturated rings. The van der Waals surface area contributed by atoms with Gasteiger partial charge in [0.2, 0.25) is 0 Å². The predicted molar refractivity (Wildman–Crippen MR) is 166 cm³/mol. The van der Waals surface area contributed by atoms with Crippen molar-refractivity contribution >= 4 is 24.2 Å². The Morgan fingerprint density at radius 2 is 1.72 bits per heavy atom. The van der Waals surface area contributed by atoms with Crippen molar-refractivity contribution in [2.24, 2.45) is 0 Å². The molecule has 12 nitrogen and oxygen atoms in total. The smallest absolute Gasteiger partial charge is 0.477 e. The molecule has 1 spiro atoms. The van der Waals surface area contributed by atoms with Crippen LogP contribution < -0.4 is 14.8 Å². The number of alkyl carbamates (subject to hydrolysis) is 1. The molecular weight excluding hydrogens is 596 g/mol. The summed E-state index contributed by atoms with van der Waals surface area (Å²) < 4.78 is 35.5. The lowest BCUT2D eigenvalue weighted by molar-refractivity contribution is -0.206. The monoisotopic (exact) mass is 642 g/mol. The van der Waals surface area contributed by atoms with E-state index in [2.05, 4.69) is 10.2 Å². The summed E-state index contributed by atoms with van der Waals surface area (Å²) in [5.74, 6) is -0.0570. The largest absolute Gasteiger partial charge is 0.514 e. The van der Waals surface area contributed by atoms with Crippen LogP contribution in [-0.2, 0) is 40.4 Å². The fourth-order valence-corrected chi connectivity index (χ4v) is 7.26. The lowest BCUT2D eigenvalue weighted by Crippen LogP contribution is -2.75. The van der Waals surface area contributed by atoms with E-state index in [9.17, 15) is 19.2 Å². The van der Waals surface area contributed by atoms with Crippen LogP contribution in [0.4, 0.5) is 9.59 Å². The second kappa shape index (κ2) is 12.1. The first kappa shape index (κ1) is 33.6. The van der Waals surface area contributed by atoms with Crippen LogP contribution in [0.3, 0.4) is 0 Å². The Hall–Kier alpha value is -3.80. The van der Waals surface area contributed by atoms with Gasteiger partial charge in [0.1, 0.15) is 22.6 Å². The molecule has 4 atom stereocenters. The van der Waals surface area contributed by atoms with E-state index in [0.717, 1.165) is 11.1 Å². The summed E-state index contributed by atoms with van der Waals surface area (Å²) in [6.45, 7) is 13.1. The first-order valence-electron chi connectivity index (χ1n) is 16.0. The van der Waals surface area contributed by atoms with Crippen LogP contribution in [-0.4, -0.2) is 78.2 Å². The Bertz CT molecular complexity index is 1440. The fourth-order valence-electron chi connectivity index (χ4n) is 7.26. The van der Waals surface area contributed by atoms with Crippen molar-refractivity contribution in [1.29, 1.82) is 0 Å². The molecule has 5 rings (SSSR count). The molecule has 2 heterocycles. The Labute approximate surface area is 270 Å². The van der Waals surface area contributed by atoms with Crippen LogP contribution in [0.15, 0.2) is 24.0 Å². The molecule has 252 valence electrons. The molecule has 2 aliphatic heterocycles. The lowest BCUT2D eigenvalue weighted by Gasteiger charge is -2.62. The van der Waals surface area contributed by atoms with E-state index in [4.69, 9.17) is 28.4 Å². The zero-order valence-electron chi connectivity index (χ0n) is 28.1. The molecule has 46 heavy (non-hydrogen) atoms. The van der Waals surface area contributed by atoms with Gasteiger partial charge in [0, 0.05) is 24.9 Å². The Morgan fingerprint density at radius 3 is 2.39 bits per heavy atom. The fraction of sp³-hybridized carbons (Fsp3) is 0.647. The van der Waals surface area contributed by atoms with E-state index in [1.807, 2.05) is 20.0 Å². The zero-order valence-corrected chi connectivity index (χ0v) is 28.1. The van der Waals surface area contributed by atoms with Gasteiger partial charge in [-0.2, -0.15) is 0 Å². The van der Waals surface area contributed by atoms with E-state index in [1.54, 1.807) is 53.7 Å². The second-order valence-corrected chi connectivity index (χ2v) is 14.5. The number of carbonyl (C=O) groups excluding carboxylic acids is 4. The van der Waals surface area contributed by atoms with Gasteiger partial charge in [0.25, 0.3) is 0 Å². The van der Waals surface area contributed by atoms with E-state index in [0.29, 0.717) is 43.7 Å². The molecular formula is C34H46N2O10. The summed E-state index contributed by atoms with van der Waals surface area (Å²) in [6.07, 6.45) is 1.63. The Kier molecular flexibility index (Phi) is 8.82. The molecule has 0 radical (unpaired) electrons. The van der Waals surface area contributed by atoms with E-state index < -0.39 is 46.5 Å². The zero-order chi connectivity index (χ0) is 33.7. The van der Waals surface area contributed by atoms with Gasteiger partial charge >= 0.3 is 24.2 Å². The number of nitrogens with zero attached hydrogens (tertiary/aromatic N) is 1. The van der Waals surface area contributed by atoms with Crippen molar-refractivity contribution in [2.45, 2.75) is 121 Å². The lowest BCUT2D eigenvalue weighted by atomic mass is 9.50. The topological polar surface area (TPSA) is 139 Å². The molecule has 1 aromatic carbocycles. The van der Waals surface area contributed by atoms with Gasteiger partial charge in [-0.05, 0) is 92.1 Å². The molecule has 2 bridgehead atoms. The normalized spacial score (nSPS) is 26.1. The number of esters is 2. The minimum atomic E-state index is -1.02. The minimum absolute atomic E-state index is 0.0153. The molecule has 12 heteroatoms. The molecule has 1 N–H and O–H groups in total. The van der Waals surface area contributed by atoms with Gasteiger partial charge in [0.05, 0.1) is 17.9 Å². The molecule has 1 aromatic rings. The quantitative estimate of drug-likeness (QED) is 0.231. The van der Waals surface area contributed by atoms with Gasteiger partial charge in [-0.15, -0.1) is 0 Å². The number of likely N-dealkylation sites (tertiary alicyclic amines) is 1. The highest BCUT2D eigenvalue weighted by molar-refractivity contribution is 5.75. The van der Waals surface area contributed by atoms with Crippen molar-refractivity contribution in [3.05, 3.63) is 35.1 Å². The van der Waals surface area contributed by atoms with Crippen LogP contribution in [0.25, 0.3) is 0 Å². The van der Waals surface area contributed by atoms with Crippen molar-refractivity contribution in [3.63, 3.8) is 0 Å². The number of hydrogen-bond acceptors (Lipinski definition) is 11. The first-order chi connectivity index (χ1) is 21.5. The molecule has 0 aromatic heterocycles. The summed E-state index contributed by atoms with van der Waals surface area (Å²) in [4.78, 5) is 53.5. The van der Waals surface area contributed by atoms with Gasteiger partial charge in [-0.3, -0.25) is 14.5 Å². The number of carbonyl (C=O) groups is 4. The average molecular weight is 643 g/mol. The first-order valence-corrected chi connectivity index (χ1v) is 16.0. The van der Waals surface area contributed by atoms with Gasteiger partial charge in [-0.1, -0.05) is 13.0 Å². The summed E-state index contributed by atoms with van der Waals surface area (Å²) in [5, 5.41) is 2.58. The molecule has 4 aliphatic rings. The van der Waals surface area contributed by atoms with Crippen molar-refractivity contribution < 1.29 is 47.6 Å². The molecule has 2 aliphatic carbocycles. The number of nitrogens with one attached hydrogen (secondary N) is 1. The van der Waals surface area contributed by atoms with Crippen molar-refractivity contribution in [2.75, 3.05) is 20.1 Å². The van der Waals surface area contributed by atoms with Gasteiger partial charge in [0.15, 0.2) is 17.6 Å². The number of piperidine rings is 1. The van der Waals surface area contributed by atoms with Crippen molar-refractivity contribution in [3.8, 4) is 11.5 Å². The highest BCUT2D eigenvalue weighted by Gasteiger charge is 2.74. The molecule has 0 unspecified atom stereocenters. The molecule has 0 saturated carbocycles. The minimum Gasteiger partial charge on any atom is -0.477 e. The average Bonchev–Trinajstić information content (AvgIpc) is 3.27. The van der Waals surface area contributed by atoms with Gasteiger partial charge < -0.3 is 33.7 Å². The van der Waals surface area contributed by atoms with Gasteiger partial charge in [-0.25, -0.2) is 9.59 Å². The highest BCUT2D eigenvalue weighted by atomic mass is 16.7. The maximum atomic E-state index is 13.3. The summed E-state index contributed by atoms with van der Waals surface area (Å²) in [6, 6.07) is 3.44. The van der Waals surface area contributed by atoms with Crippen LogP contribution in [0.1, 0.15) is 91.7 Å². The maximum absolute atomic E-state index is 13.3. The second-order valence-electron chi connectivity index (χ2n) is 14.5. The van der Waals surface area contributed by atoms with Crippen LogP contribution in [0.5, 0.6) is 11.5 Å². The standard InChI is InChI=1S/C34H46N2O10/c1-9-10-25(38)44-34-15-13-22(41-24(37)14-17-35-29(39)45-31(2,3)4)28-33(34)16-18-36(8)23(34)19-20-11-12-21(27(43-28)26(20)33)42-30(40)46-32(5,6)7/h11-13,23,28H,9-10,14-19H2,1-8H3,(H,35,39)/t23-,28+,33+,34-/m1/s1. The third-order valence-electron chi connectivity index (χ3n) is 8.86. The van der Waals surface area contributed by atoms with Crippen molar-refractivity contribution in [1.82, 2.24) is 10.2 Å². The summed E-state index contributed by atoms with van der Waals surface area (Å²) in [5.41, 5.74) is -1.58. The molecule has 1 amide bonds. The molecule has 1 saturated heterocycles. The number of amides is 1. The van der Waals surface area contributed by atoms with E-state index in [-0.39, 0.29) is 37.1 Å². The maximum Gasteiger partial charge on any atom is 0.514 e. The van der Waals surface area contributed by atoms with E-state index >= 15 is 0 Å². The third-order valence-corrected chi connectivity index (χ3v) is 8.86. The highest BCUT2D eigenvalue weighted by Crippen LogP contribution is 2.66. The third kappa shape index (κ3) is 6.15. The number of benzene rings is 1. The number of hydrogen-bond donors (Lipinski definition) is 1. The number of ether oxygens (including phenoxy) is 6. The summed E-state index contributed by atoms with van der Waals surface area (Å²) >= 11 is 0. The predicted octanol–water partition coefficient (Wildman–Crippen LogP) is 5.09. The number of rotatable bonds is 8. The van der Waals surface area contributed by atoms with Crippen LogP contribution in [0.2, 0.25) is 0 Å². The number of likely N-dealkylation sites (N-methyl/N-ethyl adjacent to an activating group) is 1. The summed E-state index contributed by atoms with van der Waals surface area (Å²) in [7, 11) is 2.03. The van der Waals surface area contributed by atoms with Crippen LogP contribution >= 0.6 is 0 Å².